The maximum atomic E-state index is 12.8. The van der Waals surface area contributed by atoms with Gasteiger partial charge in [0.25, 0.3) is 5.89 Å². The molecule has 0 unspecified atom stereocenters. The molecule has 34 heavy (non-hydrogen) atoms. The van der Waals surface area contributed by atoms with Crippen molar-refractivity contribution < 1.29 is 27.1 Å². The summed E-state index contributed by atoms with van der Waals surface area (Å²) in [4.78, 5) is 12.9. The van der Waals surface area contributed by atoms with Crippen LogP contribution >= 0.6 is 11.6 Å². The number of sulfonamides is 1. The van der Waals surface area contributed by atoms with Crippen molar-refractivity contribution in [3.05, 3.63) is 47.5 Å². The van der Waals surface area contributed by atoms with E-state index < -0.39 is 10.0 Å². The lowest BCUT2D eigenvalue weighted by atomic mass is 9.97. The van der Waals surface area contributed by atoms with Gasteiger partial charge >= 0.3 is 6.01 Å². The summed E-state index contributed by atoms with van der Waals surface area (Å²) < 4.78 is 43.2. The molecule has 0 atom stereocenters. The van der Waals surface area contributed by atoms with Crippen molar-refractivity contribution in [2.75, 3.05) is 32.6 Å². The molecule has 12 heteroatoms. The summed E-state index contributed by atoms with van der Waals surface area (Å²) in [7, 11) is -0.586. The van der Waals surface area contributed by atoms with Gasteiger partial charge < -0.3 is 13.9 Å². The third-order valence-electron chi connectivity index (χ3n) is 5.57. The number of amides is 1. The SMILES string of the molecule is COc1ccc(-c2nnc(NC(=O)C3CCN(S(=O)(=O)c4ccc(Cl)cc4)CC3)o2)c(OC)c1. The number of aromatic nitrogens is 2. The smallest absolute Gasteiger partial charge is 0.322 e. The number of carbonyl (C=O) groups is 1. The molecule has 1 N–H and O–H groups in total. The molecule has 1 aromatic heterocycles. The number of methoxy groups -OCH3 is 2. The van der Waals surface area contributed by atoms with E-state index in [1.54, 1.807) is 25.3 Å². The first-order valence-electron chi connectivity index (χ1n) is 10.4. The molecule has 0 bridgehead atoms. The number of halogens is 1. The van der Waals surface area contributed by atoms with Crippen molar-refractivity contribution in [2.24, 2.45) is 5.92 Å². The van der Waals surface area contributed by atoms with Gasteiger partial charge in [0.15, 0.2) is 0 Å². The van der Waals surface area contributed by atoms with Gasteiger partial charge in [-0.15, -0.1) is 5.10 Å². The zero-order chi connectivity index (χ0) is 24.3. The zero-order valence-electron chi connectivity index (χ0n) is 18.5. The highest BCUT2D eigenvalue weighted by Crippen LogP contribution is 2.33. The van der Waals surface area contributed by atoms with Crippen LogP contribution in [0.4, 0.5) is 6.01 Å². The van der Waals surface area contributed by atoms with Crippen molar-refractivity contribution >= 4 is 33.5 Å². The molecule has 1 aliphatic rings. The number of ether oxygens (including phenoxy) is 2. The molecule has 1 aliphatic heterocycles. The van der Waals surface area contributed by atoms with Gasteiger partial charge in [0, 0.05) is 30.1 Å². The fourth-order valence-electron chi connectivity index (χ4n) is 3.68. The topological polar surface area (TPSA) is 124 Å². The number of benzene rings is 2. The molecule has 10 nitrogen and oxygen atoms in total. The highest BCUT2D eigenvalue weighted by Gasteiger charge is 2.32. The number of hydrogen-bond donors (Lipinski definition) is 1. The van der Waals surface area contributed by atoms with Gasteiger partial charge in [0.1, 0.15) is 11.5 Å². The molecule has 0 aliphatic carbocycles. The molecular formula is C22H23ClN4O6S. The van der Waals surface area contributed by atoms with Crippen LogP contribution in [-0.4, -0.2) is 56.1 Å². The molecule has 180 valence electrons. The second kappa shape index (κ2) is 10.00. The summed E-state index contributed by atoms with van der Waals surface area (Å²) in [6.07, 6.45) is 0.734. The molecule has 0 radical (unpaired) electrons. The second-order valence-electron chi connectivity index (χ2n) is 7.60. The number of rotatable bonds is 7. The number of nitrogens with zero attached hydrogens (tertiary/aromatic N) is 3. The quantitative estimate of drug-likeness (QED) is 0.516. The Hall–Kier alpha value is -3.15. The maximum absolute atomic E-state index is 12.8. The molecule has 4 rings (SSSR count). The van der Waals surface area contributed by atoms with Crippen LogP contribution in [-0.2, 0) is 14.8 Å². The van der Waals surface area contributed by atoms with Gasteiger partial charge in [-0.3, -0.25) is 10.1 Å². The van der Waals surface area contributed by atoms with Gasteiger partial charge in [-0.1, -0.05) is 16.7 Å². The minimum absolute atomic E-state index is 0.0471. The van der Waals surface area contributed by atoms with Crippen molar-refractivity contribution in [1.82, 2.24) is 14.5 Å². The minimum Gasteiger partial charge on any atom is -0.497 e. The first-order chi connectivity index (χ1) is 16.3. The average Bonchev–Trinajstić information content (AvgIpc) is 3.32. The second-order valence-corrected chi connectivity index (χ2v) is 9.97. The average molecular weight is 507 g/mol. The van der Waals surface area contributed by atoms with E-state index in [0.717, 1.165) is 0 Å². The van der Waals surface area contributed by atoms with E-state index in [-0.39, 0.29) is 41.7 Å². The molecule has 3 aromatic rings. The van der Waals surface area contributed by atoms with E-state index in [1.807, 2.05) is 0 Å². The summed E-state index contributed by atoms with van der Waals surface area (Å²) >= 11 is 5.85. The fourth-order valence-corrected chi connectivity index (χ4v) is 5.27. The van der Waals surface area contributed by atoms with E-state index >= 15 is 0 Å². The molecule has 1 amide bonds. The van der Waals surface area contributed by atoms with Crippen LogP contribution in [0.2, 0.25) is 5.02 Å². The molecule has 0 saturated carbocycles. The van der Waals surface area contributed by atoms with E-state index in [0.29, 0.717) is 34.9 Å². The number of piperidine rings is 1. The lowest BCUT2D eigenvalue weighted by Crippen LogP contribution is -2.41. The number of hydrogen-bond acceptors (Lipinski definition) is 8. The Labute approximate surface area is 201 Å². The normalized spacial score (nSPS) is 15.1. The van der Waals surface area contributed by atoms with E-state index in [1.165, 1.54) is 35.7 Å². The van der Waals surface area contributed by atoms with Gasteiger partial charge in [0.2, 0.25) is 15.9 Å². The summed E-state index contributed by atoms with van der Waals surface area (Å²) in [5.74, 6) is 0.579. The van der Waals surface area contributed by atoms with Crippen molar-refractivity contribution in [3.63, 3.8) is 0 Å². The summed E-state index contributed by atoms with van der Waals surface area (Å²) in [6.45, 7) is 0.447. The predicted molar refractivity (Wildman–Crippen MR) is 124 cm³/mol. The largest absolute Gasteiger partial charge is 0.497 e. The zero-order valence-corrected chi connectivity index (χ0v) is 20.1. The Morgan fingerprint density at radius 3 is 2.44 bits per heavy atom. The minimum atomic E-state index is -3.64. The van der Waals surface area contributed by atoms with Crippen LogP contribution < -0.4 is 14.8 Å². The van der Waals surface area contributed by atoms with Crippen molar-refractivity contribution in [2.45, 2.75) is 17.7 Å². The van der Waals surface area contributed by atoms with Crippen molar-refractivity contribution in [3.8, 4) is 23.0 Å². The monoisotopic (exact) mass is 506 g/mol. The predicted octanol–water partition coefficient (Wildman–Crippen LogP) is 3.45. The summed E-state index contributed by atoms with van der Waals surface area (Å²) in [6, 6.07) is 11.1. The molecular weight excluding hydrogens is 484 g/mol. The Kier molecular flexibility index (Phi) is 7.05. The van der Waals surface area contributed by atoms with Crippen LogP contribution in [0, 0.1) is 5.92 Å². The first-order valence-corrected chi connectivity index (χ1v) is 12.3. The van der Waals surface area contributed by atoms with Crippen LogP contribution in [0.5, 0.6) is 11.5 Å². The molecule has 2 aromatic carbocycles. The Bertz CT molecular complexity index is 1270. The van der Waals surface area contributed by atoms with E-state index in [9.17, 15) is 13.2 Å². The van der Waals surface area contributed by atoms with Crippen LogP contribution in [0.25, 0.3) is 11.5 Å². The van der Waals surface area contributed by atoms with E-state index in [4.69, 9.17) is 25.5 Å². The van der Waals surface area contributed by atoms with Crippen LogP contribution in [0.15, 0.2) is 51.8 Å². The van der Waals surface area contributed by atoms with Crippen molar-refractivity contribution in [1.29, 1.82) is 0 Å². The Morgan fingerprint density at radius 2 is 1.79 bits per heavy atom. The number of anilines is 1. The fraction of sp³-hybridized carbons (Fsp3) is 0.318. The Balaban J connectivity index is 1.38. The van der Waals surface area contributed by atoms with Gasteiger partial charge in [-0.05, 0) is 49.2 Å². The summed E-state index contributed by atoms with van der Waals surface area (Å²) in [5, 5.41) is 11.0. The maximum Gasteiger partial charge on any atom is 0.322 e. The summed E-state index contributed by atoms with van der Waals surface area (Å²) in [5.41, 5.74) is 0.553. The Morgan fingerprint density at radius 1 is 1.09 bits per heavy atom. The number of carbonyl (C=O) groups excluding carboxylic acids is 1. The third-order valence-corrected chi connectivity index (χ3v) is 7.74. The first kappa shape index (κ1) is 24.0. The standard InChI is InChI=1S/C22H23ClN4O6S/c1-31-16-5-8-18(19(13-16)32-2)21-25-26-22(33-21)24-20(28)14-9-11-27(12-10-14)34(29,30)17-6-3-15(23)4-7-17/h3-8,13-14H,9-12H2,1-2H3,(H,24,26,28). The van der Waals surface area contributed by atoms with Crippen LogP contribution in [0.1, 0.15) is 12.8 Å². The molecule has 0 spiro atoms. The van der Waals surface area contributed by atoms with E-state index in [2.05, 4.69) is 15.5 Å². The molecule has 1 fully saturated rings. The molecule has 1 saturated heterocycles. The number of nitrogens with one attached hydrogen (secondary N) is 1. The third kappa shape index (κ3) is 5.01. The van der Waals surface area contributed by atoms with Gasteiger partial charge in [-0.2, -0.15) is 4.31 Å². The highest BCUT2D eigenvalue weighted by molar-refractivity contribution is 7.89. The van der Waals surface area contributed by atoms with Gasteiger partial charge in [-0.25, -0.2) is 8.42 Å². The highest BCUT2D eigenvalue weighted by atomic mass is 35.5. The molecule has 2 heterocycles. The van der Waals surface area contributed by atoms with Gasteiger partial charge in [0.05, 0.1) is 24.7 Å². The lowest BCUT2D eigenvalue weighted by Gasteiger charge is -2.30. The lowest BCUT2D eigenvalue weighted by molar-refractivity contribution is -0.121. The van der Waals surface area contributed by atoms with Crippen LogP contribution in [0.3, 0.4) is 0 Å².